The lowest BCUT2D eigenvalue weighted by Gasteiger charge is -2.36. The van der Waals surface area contributed by atoms with E-state index < -0.39 is 26.3 Å². The Hall–Kier alpha value is -0.660. The molecule has 1 saturated heterocycles. The fraction of sp³-hybridized carbons (Fsp3) is 0.923. The van der Waals surface area contributed by atoms with E-state index in [2.05, 4.69) is 5.32 Å². The highest BCUT2D eigenvalue weighted by atomic mass is 32.2. The number of ether oxygens (including phenoxy) is 2. The molecule has 1 heterocycles. The van der Waals surface area contributed by atoms with E-state index in [1.165, 1.54) is 13.8 Å². The van der Waals surface area contributed by atoms with Gasteiger partial charge in [-0.1, -0.05) is 0 Å². The second kappa shape index (κ2) is 5.27. The topological polar surface area (TPSA) is 81.7 Å². The highest BCUT2D eigenvalue weighted by molar-refractivity contribution is 7.92. The molecule has 2 rings (SSSR count). The predicted molar refractivity (Wildman–Crippen MR) is 74.0 cm³/mol. The van der Waals surface area contributed by atoms with Crippen molar-refractivity contribution in [2.45, 2.75) is 56.1 Å². The quantitative estimate of drug-likeness (QED) is 0.826. The first-order valence-corrected chi connectivity index (χ1v) is 8.84. The van der Waals surface area contributed by atoms with Crippen molar-refractivity contribution >= 4 is 15.7 Å². The minimum Gasteiger partial charge on any atom is -0.352 e. The van der Waals surface area contributed by atoms with Crippen molar-refractivity contribution in [2.24, 2.45) is 0 Å². The predicted octanol–water partition coefficient (Wildman–Crippen LogP) is 0.612. The molecular formula is C13H23NO5S. The third-order valence-electron chi connectivity index (χ3n) is 4.37. The maximum absolute atomic E-state index is 12.1. The Morgan fingerprint density at radius 1 is 1.20 bits per heavy atom. The fourth-order valence-corrected chi connectivity index (χ4v) is 2.91. The van der Waals surface area contributed by atoms with E-state index in [-0.39, 0.29) is 6.04 Å². The van der Waals surface area contributed by atoms with Crippen LogP contribution in [0.5, 0.6) is 0 Å². The van der Waals surface area contributed by atoms with Crippen LogP contribution in [0, 0.1) is 0 Å². The zero-order valence-electron chi connectivity index (χ0n) is 12.3. The Morgan fingerprint density at radius 2 is 1.70 bits per heavy atom. The molecule has 0 aromatic heterocycles. The van der Waals surface area contributed by atoms with E-state index in [1.54, 1.807) is 0 Å². The van der Waals surface area contributed by atoms with Crippen molar-refractivity contribution in [3.05, 3.63) is 0 Å². The van der Waals surface area contributed by atoms with Crippen LogP contribution in [0.3, 0.4) is 0 Å². The summed E-state index contributed by atoms with van der Waals surface area (Å²) < 4.78 is 33.1. The van der Waals surface area contributed by atoms with E-state index in [4.69, 9.17) is 9.47 Å². The summed E-state index contributed by atoms with van der Waals surface area (Å²) >= 11 is 0. The Labute approximate surface area is 120 Å². The third kappa shape index (κ3) is 2.99. The van der Waals surface area contributed by atoms with Gasteiger partial charge in [-0.25, -0.2) is 8.42 Å². The number of sulfone groups is 1. The molecule has 1 amide bonds. The van der Waals surface area contributed by atoms with E-state index in [1.807, 2.05) is 0 Å². The molecule has 0 atom stereocenters. The number of amides is 1. The molecule has 1 aliphatic heterocycles. The Kier molecular flexibility index (Phi) is 4.15. The van der Waals surface area contributed by atoms with Gasteiger partial charge in [-0.15, -0.1) is 0 Å². The number of hydrogen-bond acceptors (Lipinski definition) is 5. The van der Waals surface area contributed by atoms with Crippen LogP contribution >= 0.6 is 0 Å². The molecule has 2 aliphatic rings. The monoisotopic (exact) mass is 305 g/mol. The largest absolute Gasteiger partial charge is 0.352 e. The Morgan fingerprint density at radius 3 is 2.15 bits per heavy atom. The molecule has 1 spiro atoms. The van der Waals surface area contributed by atoms with Crippen LogP contribution in [0.2, 0.25) is 0 Å². The summed E-state index contributed by atoms with van der Waals surface area (Å²) in [7, 11) is -3.44. The number of hydrogen-bond donors (Lipinski definition) is 1. The minimum atomic E-state index is -3.44. The van der Waals surface area contributed by atoms with Gasteiger partial charge in [0.1, 0.15) is 4.75 Å². The minimum absolute atomic E-state index is 0.0121. The van der Waals surface area contributed by atoms with Crippen molar-refractivity contribution in [1.29, 1.82) is 0 Å². The molecule has 0 aromatic carbocycles. The van der Waals surface area contributed by atoms with Gasteiger partial charge < -0.3 is 14.8 Å². The lowest BCUT2D eigenvalue weighted by molar-refractivity contribution is -0.180. The third-order valence-corrected chi connectivity index (χ3v) is 6.41. The molecule has 0 bridgehead atoms. The van der Waals surface area contributed by atoms with Gasteiger partial charge in [0.05, 0.1) is 13.2 Å². The molecule has 1 aliphatic carbocycles. The molecule has 0 unspecified atom stereocenters. The maximum Gasteiger partial charge on any atom is 0.241 e. The van der Waals surface area contributed by atoms with Crippen molar-refractivity contribution in [3.63, 3.8) is 0 Å². The molecule has 6 nitrogen and oxygen atoms in total. The van der Waals surface area contributed by atoms with Gasteiger partial charge >= 0.3 is 0 Å². The zero-order chi connectivity index (χ0) is 15.0. The van der Waals surface area contributed by atoms with E-state index in [0.717, 1.165) is 31.9 Å². The van der Waals surface area contributed by atoms with Gasteiger partial charge in [0.15, 0.2) is 15.6 Å². The molecule has 116 valence electrons. The molecule has 1 N–H and O–H groups in total. The molecule has 0 radical (unpaired) electrons. The normalized spacial score (nSPS) is 23.9. The molecule has 0 aromatic rings. The van der Waals surface area contributed by atoms with Crippen molar-refractivity contribution in [2.75, 3.05) is 19.5 Å². The van der Waals surface area contributed by atoms with E-state index in [0.29, 0.717) is 13.2 Å². The average Bonchev–Trinajstić information content (AvgIpc) is 2.79. The fourth-order valence-electron chi connectivity index (χ4n) is 2.52. The smallest absolute Gasteiger partial charge is 0.241 e. The number of carbonyl (C=O) groups is 1. The van der Waals surface area contributed by atoms with Gasteiger partial charge in [0.2, 0.25) is 5.91 Å². The molecule has 7 heteroatoms. The molecule has 2 fully saturated rings. The number of carbonyl (C=O) groups excluding carboxylic acids is 1. The first-order chi connectivity index (χ1) is 9.16. The van der Waals surface area contributed by atoms with Crippen molar-refractivity contribution in [3.8, 4) is 0 Å². The van der Waals surface area contributed by atoms with Crippen LogP contribution < -0.4 is 5.32 Å². The van der Waals surface area contributed by atoms with Gasteiger partial charge in [-0.3, -0.25) is 4.79 Å². The average molecular weight is 305 g/mol. The van der Waals surface area contributed by atoms with E-state index >= 15 is 0 Å². The SMILES string of the molecule is CC(C)(C(=O)NC1CCC2(CC1)OCCO2)S(C)(=O)=O. The Bertz CT molecular complexity index is 469. The van der Waals surface area contributed by atoms with Crippen molar-refractivity contribution in [1.82, 2.24) is 5.32 Å². The molecule has 1 saturated carbocycles. The van der Waals surface area contributed by atoms with Crippen molar-refractivity contribution < 1.29 is 22.7 Å². The first kappa shape index (κ1) is 15.7. The number of nitrogens with one attached hydrogen (secondary N) is 1. The summed E-state index contributed by atoms with van der Waals surface area (Å²) in [6.45, 7) is 4.12. The molecule has 20 heavy (non-hydrogen) atoms. The summed E-state index contributed by atoms with van der Waals surface area (Å²) in [6, 6.07) is -0.0121. The van der Waals surface area contributed by atoms with Crippen LogP contribution in [-0.2, 0) is 24.1 Å². The number of rotatable bonds is 3. The first-order valence-electron chi connectivity index (χ1n) is 6.95. The summed E-state index contributed by atoms with van der Waals surface area (Å²) in [5, 5.41) is 2.84. The maximum atomic E-state index is 12.1. The summed E-state index contributed by atoms with van der Waals surface area (Å²) in [5.41, 5.74) is 0. The van der Waals surface area contributed by atoms with Gasteiger partial charge in [-0.05, 0) is 26.7 Å². The van der Waals surface area contributed by atoms with Crippen LogP contribution in [0.15, 0.2) is 0 Å². The van der Waals surface area contributed by atoms with Gasteiger partial charge in [0, 0.05) is 25.1 Å². The van der Waals surface area contributed by atoms with Crippen LogP contribution in [0.4, 0.5) is 0 Å². The summed E-state index contributed by atoms with van der Waals surface area (Å²) in [6.07, 6.45) is 4.04. The zero-order valence-corrected chi connectivity index (χ0v) is 13.1. The lowest BCUT2D eigenvalue weighted by Crippen LogP contribution is -2.52. The lowest BCUT2D eigenvalue weighted by atomic mass is 9.89. The highest BCUT2D eigenvalue weighted by Crippen LogP contribution is 2.35. The summed E-state index contributed by atoms with van der Waals surface area (Å²) in [4.78, 5) is 12.1. The standard InChI is InChI=1S/C13H23NO5S/c1-12(2,20(3,16)17)11(15)14-10-4-6-13(7-5-10)18-8-9-19-13/h10H,4-9H2,1-3H3,(H,14,15). The summed E-state index contributed by atoms with van der Waals surface area (Å²) in [5.74, 6) is -0.901. The second-order valence-electron chi connectivity index (χ2n) is 6.14. The van der Waals surface area contributed by atoms with Crippen LogP contribution in [0.1, 0.15) is 39.5 Å². The van der Waals surface area contributed by atoms with Gasteiger partial charge in [0.25, 0.3) is 0 Å². The second-order valence-corrected chi connectivity index (χ2v) is 8.70. The molecular weight excluding hydrogens is 282 g/mol. The Balaban J connectivity index is 1.91. The highest BCUT2D eigenvalue weighted by Gasteiger charge is 2.43. The van der Waals surface area contributed by atoms with Crippen LogP contribution in [-0.4, -0.2) is 50.4 Å². The van der Waals surface area contributed by atoms with Crippen LogP contribution in [0.25, 0.3) is 0 Å². The van der Waals surface area contributed by atoms with Gasteiger partial charge in [-0.2, -0.15) is 0 Å². The van der Waals surface area contributed by atoms with E-state index in [9.17, 15) is 13.2 Å².